The number of nitrogens with zero attached hydrogens (tertiary/aromatic N) is 4. The molecule has 1 heterocycles. The lowest BCUT2D eigenvalue weighted by molar-refractivity contribution is 0.340. The molecule has 25 heavy (non-hydrogen) atoms. The second kappa shape index (κ2) is 6.89. The molecule has 0 saturated heterocycles. The standard InChI is InChI=1S/C16H17N5O3S/c1-3-24-14-8-10-15(11-9-14)25(22,23)18-13-6-4-12(5-7-13)16-17-19-20-21(16)2/h4-11,18H,3H2,1-2H3. The summed E-state index contributed by atoms with van der Waals surface area (Å²) >= 11 is 0. The van der Waals surface area contributed by atoms with Gasteiger partial charge < -0.3 is 4.74 Å². The molecular formula is C16H17N5O3S. The third-order valence-electron chi connectivity index (χ3n) is 3.46. The first-order chi connectivity index (χ1) is 12.0. The molecule has 1 N–H and O–H groups in total. The Bertz CT molecular complexity index is 950. The summed E-state index contributed by atoms with van der Waals surface area (Å²) in [5.74, 6) is 1.23. The Morgan fingerprint density at radius 1 is 1.08 bits per heavy atom. The van der Waals surface area contributed by atoms with Crippen LogP contribution in [0.4, 0.5) is 5.69 Å². The third kappa shape index (κ3) is 3.77. The second-order valence-electron chi connectivity index (χ2n) is 5.21. The Morgan fingerprint density at radius 2 is 1.76 bits per heavy atom. The van der Waals surface area contributed by atoms with E-state index < -0.39 is 10.0 Å². The number of ether oxygens (including phenoxy) is 1. The predicted octanol–water partition coefficient (Wildman–Crippen LogP) is 2.08. The van der Waals surface area contributed by atoms with Gasteiger partial charge in [0.25, 0.3) is 10.0 Å². The van der Waals surface area contributed by atoms with E-state index in [1.165, 1.54) is 12.1 Å². The van der Waals surface area contributed by atoms with Crippen LogP contribution in [0.3, 0.4) is 0 Å². The zero-order valence-corrected chi connectivity index (χ0v) is 14.6. The molecule has 0 saturated carbocycles. The Morgan fingerprint density at radius 3 is 2.32 bits per heavy atom. The van der Waals surface area contributed by atoms with Crippen LogP contribution in [0, 0.1) is 0 Å². The molecule has 9 heteroatoms. The Labute approximate surface area is 145 Å². The molecule has 0 aliphatic heterocycles. The van der Waals surface area contributed by atoms with Gasteiger partial charge in [-0.2, -0.15) is 0 Å². The van der Waals surface area contributed by atoms with Crippen LogP contribution in [0.5, 0.6) is 5.75 Å². The van der Waals surface area contributed by atoms with Crippen molar-refractivity contribution in [3.05, 3.63) is 48.5 Å². The molecule has 1 aromatic heterocycles. The fourth-order valence-corrected chi connectivity index (χ4v) is 3.32. The van der Waals surface area contributed by atoms with Gasteiger partial charge in [0.2, 0.25) is 0 Å². The minimum Gasteiger partial charge on any atom is -0.494 e. The molecule has 0 unspecified atom stereocenters. The van der Waals surface area contributed by atoms with Crippen LogP contribution in [0.25, 0.3) is 11.4 Å². The van der Waals surface area contributed by atoms with E-state index in [0.29, 0.717) is 23.9 Å². The molecule has 0 amide bonds. The number of tetrazole rings is 1. The lowest BCUT2D eigenvalue weighted by Gasteiger charge is -2.09. The molecule has 0 atom stereocenters. The molecule has 130 valence electrons. The van der Waals surface area contributed by atoms with Gasteiger partial charge in [-0.25, -0.2) is 13.1 Å². The first kappa shape index (κ1) is 16.9. The summed E-state index contributed by atoms with van der Waals surface area (Å²) in [5.41, 5.74) is 1.24. The van der Waals surface area contributed by atoms with E-state index in [4.69, 9.17) is 4.74 Å². The number of benzene rings is 2. The summed E-state index contributed by atoms with van der Waals surface area (Å²) < 4.78 is 34.3. The van der Waals surface area contributed by atoms with Gasteiger partial charge in [-0.15, -0.1) is 5.10 Å². The second-order valence-corrected chi connectivity index (χ2v) is 6.90. The summed E-state index contributed by atoms with van der Waals surface area (Å²) in [5, 5.41) is 11.3. The lowest BCUT2D eigenvalue weighted by Crippen LogP contribution is -2.12. The number of rotatable bonds is 6. The van der Waals surface area contributed by atoms with E-state index in [1.807, 2.05) is 6.92 Å². The number of aromatic nitrogens is 4. The van der Waals surface area contributed by atoms with E-state index in [1.54, 1.807) is 48.1 Å². The zero-order valence-electron chi connectivity index (χ0n) is 13.7. The molecule has 0 aliphatic carbocycles. The van der Waals surface area contributed by atoms with Crippen molar-refractivity contribution >= 4 is 15.7 Å². The minimum atomic E-state index is -3.67. The molecule has 3 aromatic rings. The maximum atomic E-state index is 12.5. The number of anilines is 1. The van der Waals surface area contributed by atoms with Crippen LogP contribution in [0.2, 0.25) is 0 Å². The highest BCUT2D eigenvalue weighted by Gasteiger charge is 2.14. The van der Waals surface area contributed by atoms with Crippen molar-refractivity contribution in [1.82, 2.24) is 20.2 Å². The molecule has 8 nitrogen and oxygen atoms in total. The number of hydrogen-bond acceptors (Lipinski definition) is 6. The van der Waals surface area contributed by atoms with Crippen LogP contribution in [0.1, 0.15) is 6.92 Å². The zero-order chi connectivity index (χ0) is 17.9. The topological polar surface area (TPSA) is 99.0 Å². The fourth-order valence-electron chi connectivity index (χ4n) is 2.26. The quantitative estimate of drug-likeness (QED) is 0.723. The Hall–Kier alpha value is -2.94. The highest BCUT2D eigenvalue weighted by Crippen LogP contribution is 2.22. The SMILES string of the molecule is CCOc1ccc(S(=O)(=O)Nc2ccc(-c3nnnn3C)cc2)cc1. The van der Waals surface area contributed by atoms with Crippen molar-refractivity contribution in [1.29, 1.82) is 0 Å². The lowest BCUT2D eigenvalue weighted by atomic mass is 10.2. The summed E-state index contributed by atoms with van der Waals surface area (Å²) in [4.78, 5) is 0.164. The van der Waals surface area contributed by atoms with Crippen LogP contribution in [0.15, 0.2) is 53.4 Å². The molecule has 0 fully saturated rings. The van der Waals surface area contributed by atoms with Gasteiger partial charge in [0.05, 0.1) is 11.5 Å². The van der Waals surface area contributed by atoms with Crippen molar-refractivity contribution in [3.8, 4) is 17.1 Å². The highest BCUT2D eigenvalue weighted by molar-refractivity contribution is 7.92. The van der Waals surface area contributed by atoms with Crippen molar-refractivity contribution in [2.45, 2.75) is 11.8 Å². The summed E-state index contributed by atoms with van der Waals surface area (Å²) in [7, 11) is -1.94. The molecule has 0 aliphatic rings. The number of aryl methyl sites for hydroxylation is 1. The van der Waals surface area contributed by atoms with Crippen molar-refractivity contribution in [2.75, 3.05) is 11.3 Å². The van der Waals surface area contributed by atoms with E-state index in [9.17, 15) is 8.42 Å². The maximum absolute atomic E-state index is 12.5. The van der Waals surface area contributed by atoms with Crippen LogP contribution in [-0.2, 0) is 17.1 Å². The largest absolute Gasteiger partial charge is 0.494 e. The molecule has 3 rings (SSSR count). The summed E-state index contributed by atoms with van der Waals surface area (Å²) in [6, 6.07) is 13.1. The Balaban J connectivity index is 1.77. The van der Waals surface area contributed by atoms with Crippen LogP contribution >= 0.6 is 0 Å². The average Bonchev–Trinajstić information content (AvgIpc) is 3.02. The summed E-state index contributed by atoms with van der Waals surface area (Å²) in [6.07, 6.45) is 0. The first-order valence-corrected chi connectivity index (χ1v) is 9.06. The van der Waals surface area contributed by atoms with Gasteiger partial charge in [0, 0.05) is 18.3 Å². The van der Waals surface area contributed by atoms with Gasteiger partial charge in [0.1, 0.15) is 5.75 Å². The van der Waals surface area contributed by atoms with Crippen LogP contribution < -0.4 is 9.46 Å². The molecule has 0 spiro atoms. The van der Waals surface area contributed by atoms with E-state index in [0.717, 1.165) is 5.56 Å². The van der Waals surface area contributed by atoms with Crippen molar-refractivity contribution in [2.24, 2.45) is 7.05 Å². The Kier molecular flexibility index (Phi) is 4.66. The maximum Gasteiger partial charge on any atom is 0.261 e. The number of nitrogens with one attached hydrogen (secondary N) is 1. The van der Waals surface area contributed by atoms with Crippen molar-refractivity contribution < 1.29 is 13.2 Å². The highest BCUT2D eigenvalue weighted by atomic mass is 32.2. The first-order valence-electron chi connectivity index (χ1n) is 7.58. The van der Waals surface area contributed by atoms with E-state index >= 15 is 0 Å². The molecule has 0 radical (unpaired) electrons. The molecule has 2 aromatic carbocycles. The number of hydrogen-bond donors (Lipinski definition) is 1. The third-order valence-corrected chi connectivity index (χ3v) is 4.86. The van der Waals surface area contributed by atoms with Crippen LogP contribution in [-0.4, -0.2) is 35.2 Å². The van der Waals surface area contributed by atoms with E-state index in [2.05, 4.69) is 20.2 Å². The number of sulfonamides is 1. The predicted molar refractivity (Wildman–Crippen MR) is 92.7 cm³/mol. The normalized spacial score (nSPS) is 11.3. The monoisotopic (exact) mass is 359 g/mol. The van der Waals surface area contributed by atoms with Gasteiger partial charge in [-0.1, -0.05) is 0 Å². The fraction of sp³-hybridized carbons (Fsp3) is 0.188. The van der Waals surface area contributed by atoms with Gasteiger partial charge in [0.15, 0.2) is 5.82 Å². The van der Waals surface area contributed by atoms with Gasteiger partial charge >= 0.3 is 0 Å². The van der Waals surface area contributed by atoms with Crippen molar-refractivity contribution in [3.63, 3.8) is 0 Å². The van der Waals surface area contributed by atoms with E-state index in [-0.39, 0.29) is 4.90 Å². The smallest absolute Gasteiger partial charge is 0.261 e. The van der Waals surface area contributed by atoms with Gasteiger partial charge in [-0.3, -0.25) is 4.72 Å². The van der Waals surface area contributed by atoms with Gasteiger partial charge in [-0.05, 0) is 65.9 Å². The average molecular weight is 359 g/mol. The minimum absolute atomic E-state index is 0.164. The molecular weight excluding hydrogens is 342 g/mol. The summed E-state index contributed by atoms with van der Waals surface area (Å²) in [6.45, 7) is 2.39. The molecule has 0 bridgehead atoms.